The van der Waals surface area contributed by atoms with Crippen molar-refractivity contribution in [2.24, 2.45) is 0 Å². The van der Waals surface area contributed by atoms with Gasteiger partial charge in [0.25, 0.3) is 0 Å². The topological polar surface area (TPSA) is 24.5 Å². The van der Waals surface area contributed by atoms with Gasteiger partial charge in [-0.1, -0.05) is 13.3 Å². The molecule has 0 radical (unpaired) electrons. The maximum Gasteiger partial charge on any atom is 0.416 e. The van der Waals surface area contributed by atoms with Crippen LogP contribution in [0.25, 0.3) is 0 Å². The number of benzene rings is 1. The summed E-state index contributed by atoms with van der Waals surface area (Å²) in [6, 6.07) is 3.73. The Labute approximate surface area is 123 Å². The van der Waals surface area contributed by atoms with Crippen molar-refractivity contribution in [3.8, 4) is 5.75 Å². The molecule has 0 atom stereocenters. The molecule has 2 rings (SSSR count). The first-order valence-electron chi connectivity index (χ1n) is 7.32. The number of hydrogen-bond donors (Lipinski definition) is 1. The van der Waals surface area contributed by atoms with Gasteiger partial charge in [-0.2, -0.15) is 13.2 Å². The summed E-state index contributed by atoms with van der Waals surface area (Å²) in [5, 5.41) is 3.20. The van der Waals surface area contributed by atoms with E-state index in [1.807, 2.05) is 11.8 Å². The van der Waals surface area contributed by atoms with Crippen LogP contribution in [0, 0.1) is 0 Å². The van der Waals surface area contributed by atoms with Gasteiger partial charge >= 0.3 is 6.18 Å². The minimum atomic E-state index is -4.33. The van der Waals surface area contributed by atoms with Crippen molar-refractivity contribution in [3.63, 3.8) is 0 Å². The SMILES string of the molecule is CCCCOc1ccc(C(F)(F)F)cc1N1CCNCC1. The monoisotopic (exact) mass is 302 g/mol. The molecule has 1 saturated heterocycles. The molecule has 1 aliphatic heterocycles. The van der Waals surface area contributed by atoms with Gasteiger partial charge in [-0.3, -0.25) is 0 Å². The summed E-state index contributed by atoms with van der Waals surface area (Å²) < 4.78 is 44.4. The Morgan fingerprint density at radius 1 is 1.24 bits per heavy atom. The average Bonchev–Trinajstić information content (AvgIpc) is 2.47. The quantitative estimate of drug-likeness (QED) is 0.845. The summed E-state index contributed by atoms with van der Waals surface area (Å²) in [5.74, 6) is 0.540. The number of hydrogen-bond acceptors (Lipinski definition) is 3. The van der Waals surface area contributed by atoms with Crippen molar-refractivity contribution in [1.29, 1.82) is 0 Å². The Kier molecular flexibility index (Phi) is 5.33. The largest absolute Gasteiger partial charge is 0.491 e. The highest BCUT2D eigenvalue weighted by atomic mass is 19.4. The van der Waals surface area contributed by atoms with Crippen LogP contribution >= 0.6 is 0 Å². The predicted molar refractivity (Wildman–Crippen MR) is 76.9 cm³/mol. The summed E-state index contributed by atoms with van der Waals surface area (Å²) in [6.45, 7) is 5.49. The van der Waals surface area contributed by atoms with Crippen LogP contribution in [0.2, 0.25) is 0 Å². The highest BCUT2D eigenvalue weighted by Gasteiger charge is 2.32. The maximum absolute atomic E-state index is 12.9. The fourth-order valence-electron chi connectivity index (χ4n) is 2.30. The molecular formula is C15H21F3N2O. The minimum Gasteiger partial charge on any atom is -0.491 e. The molecule has 0 aliphatic carbocycles. The molecule has 1 heterocycles. The standard InChI is InChI=1S/C15H21F3N2O/c1-2-3-10-21-14-5-4-12(15(16,17)18)11-13(14)20-8-6-19-7-9-20/h4-5,11,19H,2-3,6-10H2,1H3. The first-order valence-corrected chi connectivity index (χ1v) is 7.32. The van der Waals surface area contributed by atoms with E-state index in [2.05, 4.69) is 5.32 Å². The summed E-state index contributed by atoms with van der Waals surface area (Å²) in [5.41, 5.74) is -0.0821. The van der Waals surface area contributed by atoms with Crippen molar-refractivity contribution < 1.29 is 17.9 Å². The molecule has 0 amide bonds. The van der Waals surface area contributed by atoms with E-state index in [1.54, 1.807) is 0 Å². The molecule has 1 aromatic rings. The highest BCUT2D eigenvalue weighted by Crippen LogP contribution is 2.37. The molecule has 118 valence electrons. The second kappa shape index (κ2) is 7.02. The molecule has 1 aromatic carbocycles. The number of halogens is 3. The van der Waals surface area contributed by atoms with Crippen LogP contribution in [0.1, 0.15) is 25.3 Å². The summed E-state index contributed by atoms with van der Waals surface area (Å²) in [6.07, 6.45) is -2.45. The van der Waals surface area contributed by atoms with E-state index in [-0.39, 0.29) is 0 Å². The zero-order chi connectivity index (χ0) is 15.3. The lowest BCUT2D eigenvalue weighted by Crippen LogP contribution is -2.43. The van der Waals surface area contributed by atoms with E-state index >= 15 is 0 Å². The number of ether oxygens (including phenoxy) is 1. The number of rotatable bonds is 5. The van der Waals surface area contributed by atoms with Crippen molar-refractivity contribution in [2.45, 2.75) is 25.9 Å². The molecule has 1 aliphatic rings. The fraction of sp³-hybridized carbons (Fsp3) is 0.600. The second-order valence-corrected chi connectivity index (χ2v) is 5.12. The van der Waals surface area contributed by atoms with Gasteiger partial charge in [-0.05, 0) is 24.6 Å². The lowest BCUT2D eigenvalue weighted by atomic mass is 10.1. The first kappa shape index (κ1) is 15.9. The van der Waals surface area contributed by atoms with Crippen LogP contribution in [0.3, 0.4) is 0 Å². The Hall–Kier alpha value is -1.43. The average molecular weight is 302 g/mol. The highest BCUT2D eigenvalue weighted by molar-refractivity contribution is 5.61. The number of anilines is 1. The van der Waals surface area contributed by atoms with Gasteiger partial charge in [0, 0.05) is 26.2 Å². The van der Waals surface area contributed by atoms with Gasteiger partial charge in [0.1, 0.15) is 5.75 Å². The number of piperazine rings is 1. The van der Waals surface area contributed by atoms with E-state index in [4.69, 9.17) is 4.74 Å². The van der Waals surface area contributed by atoms with E-state index in [0.29, 0.717) is 31.1 Å². The van der Waals surface area contributed by atoms with Crippen LogP contribution in [0.4, 0.5) is 18.9 Å². The van der Waals surface area contributed by atoms with Crippen LogP contribution in [-0.4, -0.2) is 32.8 Å². The minimum absolute atomic E-state index is 0.529. The number of nitrogens with one attached hydrogen (secondary N) is 1. The number of alkyl halides is 3. The lowest BCUT2D eigenvalue weighted by Gasteiger charge is -2.31. The molecule has 0 saturated carbocycles. The molecule has 3 nitrogen and oxygen atoms in total. The maximum atomic E-state index is 12.9. The molecule has 0 unspecified atom stereocenters. The third-order valence-electron chi connectivity index (χ3n) is 3.50. The normalized spacial score (nSPS) is 16.1. The second-order valence-electron chi connectivity index (χ2n) is 5.12. The number of nitrogens with zero attached hydrogens (tertiary/aromatic N) is 1. The zero-order valence-electron chi connectivity index (χ0n) is 12.2. The molecule has 0 spiro atoms. The van der Waals surface area contributed by atoms with Crippen molar-refractivity contribution in [2.75, 3.05) is 37.7 Å². The predicted octanol–water partition coefficient (Wildman–Crippen LogP) is 3.29. The summed E-state index contributed by atoms with van der Waals surface area (Å²) in [4.78, 5) is 1.95. The van der Waals surface area contributed by atoms with E-state index in [0.717, 1.165) is 32.0 Å². The zero-order valence-corrected chi connectivity index (χ0v) is 12.2. The Balaban J connectivity index is 2.25. The smallest absolute Gasteiger partial charge is 0.416 e. The number of unbranched alkanes of at least 4 members (excludes halogenated alkanes) is 1. The van der Waals surface area contributed by atoms with E-state index in [1.165, 1.54) is 12.1 Å². The van der Waals surface area contributed by atoms with Gasteiger partial charge in [-0.25, -0.2) is 0 Å². The molecular weight excluding hydrogens is 281 g/mol. The Morgan fingerprint density at radius 3 is 2.57 bits per heavy atom. The van der Waals surface area contributed by atoms with Crippen LogP contribution in [-0.2, 0) is 6.18 Å². The van der Waals surface area contributed by atoms with Gasteiger partial charge in [0.05, 0.1) is 17.9 Å². The van der Waals surface area contributed by atoms with Gasteiger partial charge in [0.15, 0.2) is 0 Å². The van der Waals surface area contributed by atoms with Crippen molar-refractivity contribution in [3.05, 3.63) is 23.8 Å². The van der Waals surface area contributed by atoms with Gasteiger partial charge < -0.3 is 15.0 Å². The van der Waals surface area contributed by atoms with E-state index in [9.17, 15) is 13.2 Å². The van der Waals surface area contributed by atoms with Crippen LogP contribution in [0.15, 0.2) is 18.2 Å². The van der Waals surface area contributed by atoms with Gasteiger partial charge in [-0.15, -0.1) is 0 Å². The molecule has 1 fully saturated rings. The van der Waals surface area contributed by atoms with Crippen LogP contribution in [0.5, 0.6) is 5.75 Å². The molecule has 6 heteroatoms. The third kappa shape index (κ3) is 4.27. The Bertz CT molecular complexity index is 457. The summed E-state index contributed by atoms with van der Waals surface area (Å²) in [7, 11) is 0. The molecule has 21 heavy (non-hydrogen) atoms. The fourth-order valence-corrected chi connectivity index (χ4v) is 2.30. The lowest BCUT2D eigenvalue weighted by molar-refractivity contribution is -0.137. The first-order chi connectivity index (χ1) is 10.0. The van der Waals surface area contributed by atoms with Crippen molar-refractivity contribution >= 4 is 5.69 Å². The third-order valence-corrected chi connectivity index (χ3v) is 3.50. The van der Waals surface area contributed by atoms with Crippen molar-refractivity contribution in [1.82, 2.24) is 5.32 Å². The van der Waals surface area contributed by atoms with Crippen LogP contribution < -0.4 is 15.0 Å². The molecule has 0 aromatic heterocycles. The Morgan fingerprint density at radius 2 is 1.95 bits per heavy atom. The summed E-state index contributed by atoms with van der Waals surface area (Å²) >= 11 is 0. The van der Waals surface area contributed by atoms with Gasteiger partial charge in [0.2, 0.25) is 0 Å². The van der Waals surface area contributed by atoms with E-state index < -0.39 is 11.7 Å². The molecule has 0 bridgehead atoms. The molecule has 1 N–H and O–H groups in total.